The summed E-state index contributed by atoms with van der Waals surface area (Å²) in [6.07, 6.45) is 0.193. The molecule has 2 atom stereocenters. The molecule has 0 heterocycles. The van der Waals surface area contributed by atoms with E-state index >= 15 is 0 Å². The fourth-order valence-electron chi connectivity index (χ4n) is 2.77. The Morgan fingerprint density at radius 1 is 0.828 bits per heavy atom. The quantitative estimate of drug-likeness (QED) is 0.659. The zero-order valence-electron chi connectivity index (χ0n) is 16.1. The van der Waals surface area contributed by atoms with Gasteiger partial charge in [0.05, 0.1) is 7.11 Å². The van der Waals surface area contributed by atoms with Crippen LogP contribution >= 0.6 is 0 Å². The molecule has 0 unspecified atom stereocenters. The van der Waals surface area contributed by atoms with Crippen molar-refractivity contribution in [2.45, 2.75) is 31.8 Å². The van der Waals surface area contributed by atoms with Gasteiger partial charge in [-0.2, -0.15) is 0 Å². The number of rotatable bonds is 8. The predicted molar refractivity (Wildman–Crippen MR) is 102 cm³/mol. The van der Waals surface area contributed by atoms with Crippen molar-refractivity contribution in [3.63, 3.8) is 0 Å². The van der Waals surface area contributed by atoms with Gasteiger partial charge in [-0.25, -0.2) is 13.6 Å². The Kier molecular flexibility index (Phi) is 7.82. The largest absolute Gasteiger partial charge is 0.467 e. The molecule has 8 heteroatoms. The predicted octanol–water partition coefficient (Wildman–Crippen LogP) is 1.91. The van der Waals surface area contributed by atoms with Gasteiger partial charge in [-0.1, -0.05) is 24.3 Å². The maximum absolute atomic E-state index is 13.1. The van der Waals surface area contributed by atoms with E-state index in [1.807, 2.05) is 0 Å². The fourth-order valence-corrected chi connectivity index (χ4v) is 2.77. The zero-order chi connectivity index (χ0) is 21.4. The molecule has 0 aliphatic carbocycles. The summed E-state index contributed by atoms with van der Waals surface area (Å²) in [5, 5.41) is 5.10. The van der Waals surface area contributed by atoms with Crippen molar-refractivity contribution in [1.29, 1.82) is 0 Å². The molecule has 2 aromatic carbocycles. The van der Waals surface area contributed by atoms with Crippen molar-refractivity contribution < 1.29 is 27.9 Å². The van der Waals surface area contributed by atoms with Gasteiger partial charge in [-0.3, -0.25) is 9.59 Å². The third-order valence-electron chi connectivity index (χ3n) is 4.20. The number of hydrogen-bond donors (Lipinski definition) is 2. The van der Waals surface area contributed by atoms with Crippen LogP contribution in [0, 0.1) is 11.6 Å². The minimum Gasteiger partial charge on any atom is -0.467 e. The van der Waals surface area contributed by atoms with Crippen LogP contribution in [-0.4, -0.2) is 37.0 Å². The highest BCUT2D eigenvalue weighted by molar-refractivity contribution is 5.90. The third kappa shape index (κ3) is 6.99. The summed E-state index contributed by atoms with van der Waals surface area (Å²) in [7, 11) is 1.19. The van der Waals surface area contributed by atoms with E-state index in [1.165, 1.54) is 62.6 Å². The van der Waals surface area contributed by atoms with Gasteiger partial charge in [0.15, 0.2) is 0 Å². The highest BCUT2D eigenvalue weighted by Crippen LogP contribution is 2.09. The lowest BCUT2D eigenvalue weighted by Crippen LogP contribution is -2.53. The van der Waals surface area contributed by atoms with Gasteiger partial charge in [0.1, 0.15) is 23.7 Å². The fraction of sp³-hybridized carbons (Fsp3) is 0.286. The molecule has 6 nitrogen and oxygen atoms in total. The second-order valence-electron chi connectivity index (χ2n) is 6.50. The summed E-state index contributed by atoms with van der Waals surface area (Å²) in [6.45, 7) is 1.27. The van der Waals surface area contributed by atoms with Crippen LogP contribution in [0.3, 0.4) is 0 Å². The molecule has 2 rings (SSSR count). The number of hydrogen-bond acceptors (Lipinski definition) is 4. The van der Waals surface area contributed by atoms with Gasteiger partial charge in [-0.05, 0) is 35.4 Å². The maximum atomic E-state index is 13.1. The van der Waals surface area contributed by atoms with Crippen LogP contribution in [0.5, 0.6) is 0 Å². The molecule has 0 aromatic heterocycles. The maximum Gasteiger partial charge on any atom is 0.328 e. The lowest BCUT2D eigenvalue weighted by atomic mass is 10.0. The van der Waals surface area contributed by atoms with Gasteiger partial charge in [0.2, 0.25) is 11.8 Å². The number of halogens is 2. The van der Waals surface area contributed by atoms with Crippen LogP contribution in [0.25, 0.3) is 0 Å². The number of methoxy groups -OCH3 is 1. The van der Waals surface area contributed by atoms with Crippen LogP contribution in [0.4, 0.5) is 8.78 Å². The van der Waals surface area contributed by atoms with Crippen molar-refractivity contribution in [3.8, 4) is 0 Å². The second kappa shape index (κ2) is 10.3. The number of carbonyl (C=O) groups is 3. The van der Waals surface area contributed by atoms with Gasteiger partial charge >= 0.3 is 5.97 Å². The van der Waals surface area contributed by atoms with Gasteiger partial charge in [0.25, 0.3) is 0 Å². The first-order valence-electron chi connectivity index (χ1n) is 8.92. The average Bonchev–Trinajstić information content (AvgIpc) is 2.69. The lowest BCUT2D eigenvalue weighted by molar-refractivity contribution is -0.145. The first kappa shape index (κ1) is 22.0. The molecule has 0 aliphatic heterocycles. The van der Waals surface area contributed by atoms with Gasteiger partial charge in [0, 0.05) is 19.8 Å². The number of carbonyl (C=O) groups excluding carboxylic acids is 3. The smallest absolute Gasteiger partial charge is 0.328 e. The van der Waals surface area contributed by atoms with Gasteiger partial charge < -0.3 is 15.4 Å². The van der Waals surface area contributed by atoms with Crippen LogP contribution in [-0.2, 0) is 32.0 Å². The summed E-state index contributed by atoms with van der Waals surface area (Å²) in [4.78, 5) is 36.4. The molecule has 0 saturated carbocycles. The van der Waals surface area contributed by atoms with Crippen molar-refractivity contribution in [2.75, 3.05) is 7.11 Å². The van der Waals surface area contributed by atoms with E-state index in [1.54, 1.807) is 0 Å². The van der Waals surface area contributed by atoms with Crippen LogP contribution < -0.4 is 10.6 Å². The van der Waals surface area contributed by atoms with E-state index < -0.39 is 41.5 Å². The molecular formula is C21H22F2N2O4. The van der Waals surface area contributed by atoms with Crippen molar-refractivity contribution in [3.05, 3.63) is 71.3 Å². The molecule has 0 radical (unpaired) electrons. The van der Waals surface area contributed by atoms with Crippen LogP contribution in [0.15, 0.2) is 48.5 Å². The summed E-state index contributed by atoms with van der Waals surface area (Å²) >= 11 is 0. The van der Waals surface area contributed by atoms with Crippen LogP contribution in [0.1, 0.15) is 18.1 Å². The first-order valence-corrected chi connectivity index (χ1v) is 8.92. The standard InChI is InChI=1S/C21H22F2N2O4/c1-13(26)24-18(11-14-3-7-16(22)8-4-14)20(27)25-19(21(28)29-2)12-15-5-9-17(23)10-6-15/h3-10,18-19H,11-12H2,1-2H3,(H,24,26)(H,25,27)/t18-,19+/m0/s1. The van der Waals surface area contributed by atoms with E-state index in [-0.39, 0.29) is 12.8 Å². The van der Waals surface area contributed by atoms with E-state index in [9.17, 15) is 23.2 Å². The SMILES string of the molecule is COC(=O)[C@@H](Cc1ccc(F)cc1)NC(=O)[C@H](Cc1ccc(F)cc1)NC(C)=O. The number of ether oxygens (including phenoxy) is 1. The summed E-state index contributed by atoms with van der Waals surface area (Å²) in [5.41, 5.74) is 1.25. The highest BCUT2D eigenvalue weighted by Gasteiger charge is 2.27. The van der Waals surface area contributed by atoms with E-state index in [0.29, 0.717) is 11.1 Å². The monoisotopic (exact) mass is 404 g/mol. The molecular weight excluding hydrogens is 382 g/mol. The lowest BCUT2D eigenvalue weighted by Gasteiger charge is -2.22. The topological polar surface area (TPSA) is 84.5 Å². The summed E-state index contributed by atoms with van der Waals surface area (Å²) in [5.74, 6) is -2.54. The normalized spacial score (nSPS) is 12.6. The Morgan fingerprint density at radius 2 is 1.28 bits per heavy atom. The van der Waals surface area contributed by atoms with Gasteiger partial charge in [-0.15, -0.1) is 0 Å². The number of esters is 1. The molecule has 0 saturated heterocycles. The average molecular weight is 404 g/mol. The Balaban J connectivity index is 2.15. The summed E-state index contributed by atoms with van der Waals surface area (Å²) < 4.78 is 30.9. The molecule has 2 amide bonds. The molecule has 0 fully saturated rings. The Bertz CT molecular complexity index is 854. The van der Waals surface area contributed by atoms with Crippen molar-refractivity contribution in [2.24, 2.45) is 0 Å². The third-order valence-corrected chi connectivity index (χ3v) is 4.20. The Hall–Kier alpha value is -3.29. The molecule has 0 aliphatic rings. The zero-order valence-corrected chi connectivity index (χ0v) is 16.1. The second-order valence-corrected chi connectivity index (χ2v) is 6.50. The van der Waals surface area contributed by atoms with Crippen molar-refractivity contribution in [1.82, 2.24) is 10.6 Å². The number of nitrogens with one attached hydrogen (secondary N) is 2. The van der Waals surface area contributed by atoms with Crippen LogP contribution in [0.2, 0.25) is 0 Å². The Morgan fingerprint density at radius 3 is 1.69 bits per heavy atom. The molecule has 154 valence electrons. The summed E-state index contributed by atoms with van der Waals surface area (Å²) in [6, 6.07) is 9.03. The minimum atomic E-state index is -1.03. The highest BCUT2D eigenvalue weighted by atomic mass is 19.1. The first-order chi connectivity index (χ1) is 13.8. The minimum absolute atomic E-state index is 0.0854. The van der Waals surface area contributed by atoms with E-state index in [0.717, 1.165) is 0 Å². The Labute approximate surface area is 167 Å². The number of benzene rings is 2. The molecule has 29 heavy (non-hydrogen) atoms. The molecule has 0 spiro atoms. The van der Waals surface area contributed by atoms with Crippen molar-refractivity contribution >= 4 is 17.8 Å². The van der Waals surface area contributed by atoms with E-state index in [4.69, 9.17) is 4.74 Å². The molecule has 0 bridgehead atoms. The van der Waals surface area contributed by atoms with E-state index in [2.05, 4.69) is 10.6 Å². The molecule has 2 N–H and O–H groups in total. The number of amides is 2. The molecule has 2 aromatic rings.